The van der Waals surface area contributed by atoms with Crippen molar-refractivity contribution in [3.05, 3.63) is 235 Å². The summed E-state index contributed by atoms with van der Waals surface area (Å²) in [5, 5.41) is 4.49. The van der Waals surface area contributed by atoms with E-state index in [2.05, 4.69) is 217 Å². The lowest BCUT2D eigenvalue weighted by atomic mass is 9.34. The Balaban J connectivity index is 1.06. The number of para-hydroxylation sites is 2. The molecule has 16 rings (SSSR count). The lowest BCUT2D eigenvalue weighted by Crippen LogP contribution is -2.58. The molecule has 14 aromatic rings. The van der Waals surface area contributed by atoms with Gasteiger partial charge in [0.05, 0.1) is 22.2 Å². The molecule has 0 fully saturated rings. The van der Waals surface area contributed by atoms with E-state index < -0.39 is 0 Å². The molecule has 10 aromatic carbocycles. The van der Waals surface area contributed by atoms with Gasteiger partial charge in [-0.25, -0.2) is 29.9 Å². The molecule has 88 heavy (non-hydrogen) atoms. The lowest BCUT2D eigenvalue weighted by molar-refractivity contribution is 0.486. The van der Waals surface area contributed by atoms with Crippen LogP contribution in [-0.2, 0) is 16.2 Å². The fourth-order valence-electron chi connectivity index (χ4n) is 13.4. The Labute approximate surface area is 512 Å². The molecule has 0 saturated carbocycles. The standard InChI is InChI=1S/C78H63BN8O/c1-76(2,3)50-36-38-62-58(40-50)59-41-52(78(7,8)9)43-61-69(59)87(62)63-44-53(45-65-66(63)79(61)60-42-51(77(4,5)6)37-39-64(60)88-65)86-67-54(32-22-34-56(67)74-82-70(46-24-14-10-15-25-46)80-71(83-74)47-26-16-11-17-27-47)55-33-23-35-57(68(55)86)75-84-72(48-28-18-12-19-29-48)81-73(85-75)49-30-20-13-21-31-49/h10-45H,1-9H3. The molecule has 2 aliphatic heterocycles. The molecule has 0 radical (unpaired) electrons. The third-order valence-electron chi connectivity index (χ3n) is 17.9. The molecule has 4 aromatic heterocycles. The second-order valence-corrected chi connectivity index (χ2v) is 26.8. The molecule has 0 unspecified atom stereocenters. The fraction of sp³-hybridized carbons (Fsp3) is 0.154. The third-order valence-corrected chi connectivity index (χ3v) is 17.9. The minimum absolute atomic E-state index is 0.0798. The number of hydrogen-bond acceptors (Lipinski definition) is 7. The van der Waals surface area contributed by atoms with E-state index in [0.717, 1.165) is 89.0 Å². The van der Waals surface area contributed by atoms with Crippen molar-refractivity contribution in [3.63, 3.8) is 0 Å². The molecule has 0 saturated heterocycles. The van der Waals surface area contributed by atoms with Crippen LogP contribution in [0.15, 0.2) is 218 Å². The van der Waals surface area contributed by atoms with Gasteiger partial charge in [-0.15, -0.1) is 0 Å². The summed E-state index contributed by atoms with van der Waals surface area (Å²) in [5.74, 6) is 5.04. The highest BCUT2D eigenvalue weighted by atomic mass is 16.5. The zero-order chi connectivity index (χ0) is 60.0. The van der Waals surface area contributed by atoms with Crippen LogP contribution in [0.1, 0.15) is 79.0 Å². The van der Waals surface area contributed by atoms with Gasteiger partial charge in [-0.05, 0) is 91.8 Å². The summed E-state index contributed by atoms with van der Waals surface area (Å²) in [6.45, 7) is 20.7. The molecule has 0 amide bonds. The third kappa shape index (κ3) is 8.59. The summed E-state index contributed by atoms with van der Waals surface area (Å²) < 4.78 is 12.5. The highest BCUT2D eigenvalue weighted by Gasteiger charge is 2.43. The van der Waals surface area contributed by atoms with E-state index in [4.69, 9.17) is 34.6 Å². The zero-order valence-corrected chi connectivity index (χ0v) is 50.8. The van der Waals surface area contributed by atoms with Crippen molar-refractivity contribution in [2.45, 2.75) is 78.6 Å². The maximum Gasteiger partial charge on any atom is 0.256 e. The van der Waals surface area contributed by atoms with Gasteiger partial charge in [-0.2, -0.15) is 0 Å². The van der Waals surface area contributed by atoms with Gasteiger partial charge in [-0.1, -0.05) is 232 Å². The Morgan fingerprint density at radius 1 is 0.330 bits per heavy atom. The van der Waals surface area contributed by atoms with Crippen molar-refractivity contribution in [1.29, 1.82) is 0 Å². The van der Waals surface area contributed by atoms with Crippen molar-refractivity contribution in [3.8, 4) is 91.2 Å². The predicted molar refractivity (Wildman–Crippen MR) is 362 cm³/mol. The quantitative estimate of drug-likeness (QED) is 0.147. The molecule has 0 spiro atoms. The topological polar surface area (TPSA) is 96.4 Å². The first-order valence-corrected chi connectivity index (χ1v) is 30.5. The molecular weight excluding hydrogens is 1080 g/mol. The van der Waals surface area contributed by atoms with Crippen molar-refractivity contribution in [1.82, 2.24) is 39.0 Å². The summed E-state index contributed by atoms with van der Waals surface area (Å²) >= 11 is 0. The minimum atomic E-state index is -0.144. The number of benzene rings is 10. The average Bonchev–Trinajstić information content (AvgIpc) is 1.43. The first-order chi connectivity index (χ1) is 42.5. The summed E-state index contributed by atoms with van der Waals surface area (Å²) in [5.41, 5.74) is 18.5. The Morgan fingerprint density at radius 3 is 1.24 bits per heavy atom. The Bertz CT molecular complexity index is 4870. The van der Waals surface area contributed by atoms with Crippen LogP contribution in [0.3, 0.4) is 0 Å². The van der Waals surface area contributed by atoms with Crippen molar-refractivity contribution >= 4 is 66.7 Å². The number of nitrogens with zero attached hydrogens (tertiary/aromatic N) is 8. The molecule has 2 aliphatic rings. The van der Waals surface area contributed by atoms with E-state index in [9.17, 15) is 0 Å². The largest absolute Gasteiger partial charge is 0.458 e. The van der Waals surface area contributed by atoms with Crippen LogP contribution in [0.2, 0.25) is 0 Å². The van der Waals surface area contributed by atoms with E-state index in [1.54, 1.807) is 0 Å². The molecule has 0 N–H and O–H groups in total. The normalized spacial score (nSPS) is 12.9. The van der Waals surface area contributed by atoms with Crippen molar-refractivity contribution < 1.29 is 4.74 Å². The molecule has 9 nitrogen and oxygen atoms in total. The number of rotatable bonds is 7. The number of fused-ring (bicyclic) bond motifs is 10. The van der Waals surface area contributed by atoms with E-state index >= 15 is 0 Å². The highest BCUT2D eigenvalue weighted by Crippen LogP contribution is 2.46. The van der Waals surface area contributed by atoms with E-state index in [1.165, 1.54) is 43.9 Å². The van der Waals surface area contributed by atoms with Gasteiger partial charge in [0.15, 0.2) is 34.9 Å². The molecule has 0 bridgehead atoms. The van der Waals surface area contributed by atoms with Crippen LogP contribution in [-0.4, -0.2) is 45.8 Å². The predicted octanol–water partition coefficient (Wildman–Crippen LogP) is 17.1. The van der Waals surface area contributed by atoms with Crippen molar-refractivity contribution in [2.24, 2.45) is 0 Å². The highest BCUT2D eigenvalue weighted by molar-refractivity contribution is 6.99. The Hall–Kier alpha value is -10.3. The molecule has 0 aliphatic carbocycles. The monoisotopic (exact) mass is 1140 g/mol. The van der Waals surface area contributed by atoms with Gasteiger partial charge >= 0.3 is 0 Å². The first kappa shape index (κ1) is 53.2. The first-order valence-electron chi connectivity index (χ1n) is 30.5. The summed E-state index contributed by atoms with van der Waals surface area (Å²) in [6.07, 6.45) is 0. The lowest BCUT2D eigenvalue weighted by Gasteiger charge is -2.35. The molecule has 10 heteroatoms. The Kier molecular flexibility index (Phi) is 11.8. The van der Waals surface area contributed by atoms with Gasteiger partial charge in [0.25, 0.3) is 6.71 Å². The van der Waals surface area contributed by atoms with Gasteiger partial charge in [-0.3, -0.25) is 0 Å². The van der Waals surface area contributed by atoms with Crippen LogP contribution in [0.25, 0.3) is 123 Å². The molecule has 424 valence electrons. The SMILES string of the molecule is CC(C)(C)c1ccc2c(c1)B1c3c(cc(-n4c5c(-c6nc(-c7ccccc7)nc(-c7ccccc7)n6)cccc5c5cccc(-c6nc(-c7ccccc7)nc(-c7ccccc7)n6)c54)cc3-n3c4ccc(C(C)(C)C)cc4c4cc(C(C)(C)C)cc1c43)O2. The Morgan fingerprint density at radius 2 is 0.761 bits per heavy atom. The second-order valence-electron chi connectivity index (χ2n) is 26.8. The fourth-order valence-corrected chi connectivity index (χ4v) is 13.4. The maximum atomic E-state index is 7.51. The van der Waals surface area contributed by atoms with E-state index in [0.29, 0.717) is 34.9 Å². The van der Waals surface area contributed by atoms with Gasteiger partial charge in [0.2, 0.25) is 0 Å². The van der Waals surface area contributed by atoms with E-state index in [1.807, 2.05) is 72.8 Å². The molecular formula is C78H63BN8O. The maximum absolute atomic E-state index is 7.51. The van der Waals surface area contributed by atoms with Crippen molar-refractivity contribution in [2.75, 3.05) is 0 Å². The van der Waals surface area contributed by atoms with Crippen LogP contribution in [0.5, 0.6) is 11.5 Å². The molecule has 0 atom stereocenters. The van der Waals surface area contributed by atoms with Crippen LogP contribution in [0.4, 0.5) is 0 Å². The molecule has 6 heterocycles. The summed E-state index contributed by atoms with van der Waals surface area (Å²) in [6, 6.07) is 77.4. The smallest absolute Gasteiger partial charge is 0.256 e. The number of ether oxygens (including phenoxy) is 1. The average molecular weight is 1140 g/mol. The summed E-state index contributed by atoms with van der Waals surface area (Å²) in [7, 11) is 0. The van der Waals surface area contributed by atoms with Crippen LogP contribution in [0, 0.1) is 0 Å². The second kappa shape index (κ2) is 19.6. The number of aromatic nitrogens is 8. The summed E-state index contributed by atoms with van der Waals surface area (Å²) in [4.78, 5) is 32.0. The van der Waals surface area contributed by atoms with Crippen LogP contribution < -0.4 is 21.1 Å². The minimum Gasteiger partial charge on any atom is -0.458 e. The van der Waals surface area contributed by atoms with Gasteiger partial charge < -0.3 is 13.9 Å². The van der Waals surface area contributed by atoms with Gasteiger partial charge in [0.1, 0.15) is 11.5 Å². The number of hydrogen-bond donors (Lipinski definition) is 0. The van der Waals surface area contributed by atoms with Gasteiger partial charge in [0, 0.05) is 72.2 Å². The zero-order valence-electron chi connectivity index (χ0n) is 50.8. The van der Waals surface area contributed by atoms with E-state index in [-0.39, 0.29) is 23.0 Å². The van der Waals surface area contributed by atoms with Crippen LogP contribution >= 0.6 is 0 Å².